The number of rotatable bonds is 6. The number of thioether (sulfide) groups is 1. The largest absolute Gasteiger partial charge is 0.496 e. The van der Waals surface area contributed by atoms with E-state index in [4.69, 9.17) is 16.3 Å². The fraction of sp³-hybridized carbons (Fsp3) is 0.455. The van der Waals surface area contributed by atoms with Crippen molar-refractivity contribution in [2.75, 3.05) is 25.7 Å². The fourth-order valence-electron chi connectivity index (χ4n) is 1.28. The summed E-state index contributed by atoms with van der Waals surface area (Å²) in [5, 5.41) is 4.09. The number of hydrogen-bond acceptors (Lipinski definition) is 3. The number of ether oxygens (including phenoxy) is 1. The zero-order valence-electron chi connectivity index (χ0n) is 9.05. The first-order chi connectivity index (χ1) is 7.27. The standard InChI is InChI=1S/C11H16ClNOS/c1-14-11-4-3-10(12)7-9(11)8-13-5-6-15-2/h3-4,7,13H,5-6,8H2,1-2H3. The minimum atomic E-state index is 0.748. The van der Waals surface area contributed by atoms with Gasteiger partial charge in [0, 0.05) is 29.4 Å². The first-order valence-electron chi connectivity index (χ1n) is 4.80. The molecule has 0 unspecified atom stereocenters. The van der Waals surface area contributed by atoms with Gasteiger partial charge in [0.1, 0.15) is 5.75 Å². The molecular weight excluding hydrogens is 230 g/mol. The molecule has 2 nitrogen and oxygen atoms in total. The Morgan fingerprint density at radius 3 is 2.93 bits per heavy atom. The van der Waals surface area contributed by atoms with Crippen LogP contribution in [-0.2, 0) is 6.54 Å². The van der Waals surface area contributed by atoms with Crippen molar-refractivity contribution in [1.29, 1.82) is 0 Å². The summed E-state index contributed by atoms with van der Waals surface area (Å²) in [5.74, 6) is 2.00. The molecule has 0 radical (unpaired) electrons. The van der Waals surface area contributed by atoms with Crippen LogP contribution in [0.3, 0.4) is 0 Å². The van der Waals surface area contributed by atoms with Crippen LogP contribution in [0.1, 0.15) is 5.56 Å². The van der Waals surface area contributed by atoms with Crippen LogP contribution >= 0.6 is 23.4 Å². The molecule has 1 rings (SSSR count). The van der Waals surface area contributed by atoms with Crippen molar-refractivity contribution in [3.63, 3.8) is 0 Å². The second-order valence-corrected chi connectivity index (χ2v) is 4.55. The Morgan fingerprint density at radius 1 is 1.47 bits per heavy atom. The highest BCUT2D eigenvalue weighted by Gasteiger charge is 2.02. The fourth-order valence-corrected chi connectivity index (χ4v) is 1.83. The molecule has 1 N–H and O–H groups in total. The summed E-state index contributed by atoms with van der Waals surface area (Å²) in [6, 6.07) is 5.67. The van der Waals surface area contributed by atoms with Crippen molar-refractivity contribution in [2.24, 2.45) is 0 Å². The van der Waals surface area contributed by atoms with E-state index in [0.717, 1.165) is 35.2 Å². The van der Waals surface area contributed by atoms with Crippen LogP contribution in [0.5, 0.6) is 5.75 Å². The molecular formula is C11H16ClNOS. The predicted octanol–water partition coefficient (Wildman–Crippen LogP) is 2.80. The lowest BCUT2D eigenvalue weighted by molar-refractivity contribution is 0.408. The molecule has 0 heterocycles. The van der Waals surface area contributed by atoms with Gasteiger partial charge in [-0.3, -0.25) is 0 Å². The van der Waals surface area contributed by atoms with Gasteiger partial charge in [-0.15, -0.1) is 0 Å². The Kier molecular flexibility index (Phi) is 5.91. The molecule has 4 heteroatoms. The summed E-state index contributed by atoms with van der Waals surface area (Å²) in [6.45, 7) is 1.79. The van der Waals surface area contributed by atoms with E-state index < -0.39 is 0 Å². The highest BCUT2D eigenvalue weighted by molar-refractivity contribution is 7.98. The normalized spacial score (nSPS) is 10.3. The minimum absolute atomic E-state index is 0.748. The molecule has 0 aliphatic rings. The van der Waals surface area contributed by atoms with E-state index in [1.807, 2.05) is 30.0 Å². The molecule has 15 heavy (non-hydrogen) atoms. The molecule has 0 saturated heterocycles. The SMILES string of the molecule is COc1ccc(Cl)cc1CNCCSC. The second-order valence-electron chi connectivity index (χ2n) is 3.13. The van der Waals surface area contributed by atoms with Gasteiger partial charge in [-0.25, -0.2) is 0 Å². The van der Waals surface area contributed by atoms with Gasteiger partial charge in [-0.05, 0) is 24.5 Å². The van der Waals surface area contributed by atoms with Crippen LogP contribution in [0.15, 0.2) is 18.2 Å². The lowest BCUT2D eigenvalue weighted by Gasteiger charge is -2.09. The molecule has 0 saturated carbocycles. The van der Waals surface area contributed by atoms with E-state index in [-0.39, 0.29) is 0 Å². The van der Waals surface area contributed by atoms with E-state index in [9.17, 15) is 0 Å². The van der Waals surface area contributed by atoms with Gasteiger partial charge in [-0.2, -0.15) is 11.8 Å². The van der Waals surface area contributed by atoms with Crippen LogP contribution in [0, 0.1) is 0 Å². The van der Waals surface area contributed by atoms with Gasteiger partial charge >= 0.3 is 0 Å². The van der Waals surface area contributed by atoms with E-state index in [1.165, 1.54) is 0 Å². The molecule has 1 aromatic carbocycles. The molecule has 84 valence electrons. The summed E-state index contributed by atoms with van der Waals surface area (Å²) < 4.78 is 5.25. The summed E-state index contributed by atoms with van der Waals surface area (Å²) in [7, 11) is 1.68. The average molecular weight is 246 g/mol. The van der Waals surface area contributed by atoms with E-state index >= 15 is 0 Å². The second kappa shape index (κ2) is 6.99. The van der Waals surface area contributed by atoms with Crippen LogP contribution in [-0.4, -0.2) is 25.7 Å². The van der Waals surface area contributed by atoms with E-state index in [1.54, 1.807) is 7.11 Å². The number of methoxy groups -OCH3 is 1. The third-order valence-electron chi connectivity index (χ3n) is 2.04. The summed E-state index contributed by atoms with van der Waals surface area (Å²) in [4.78, 5) is 0. The molecule has 0 aliphatic heterocycles. The predicted molar refractivity (Wildman–Crippen MR) is 68.1 cm³/mol. The molecule has 0 amide bonds. The minimum Gasteiger partial charge on any atom is -0.496 e. The van der Waals surface area contributed by atoms with Crippen LogP contribution < -0.4 is 10.1 Å². The van der Waals surface area contributed by atoms with Crippen molar-refractivity contribution in [3.05, 3.63) is 28.8 Å². The topological polar surface area (TPSA) is 21.3 Å². The first-order valence-corrected chi connectivity index (χ1v) is 6.57. The Bertz CT molecular complexity index is 307. The third-order valence-corrected chi connectivity index (χ3v) is 2.89. The molecule has 0 bridgehead atoms. The maximum Gasteiger partial charge on any atom is 0.123 e. The summed E-state index contributed by atoms with van der Waals surface area (Å²) >= 11 is 7.76. The molecule has 0 spiro atoms. The van der Waals surface area contributed by atoms with Crippen LogP contribution in [0.25, 0.3) is 0 Å². The summed E-state index contributed by atoms with van der Waals surface area (Å²) in [5.41, 5.74) is 1.10. The average Bonchev–Trinajstić information content (AvgIpc) is 2.25. The van der Waals surface area contributed by atoms with Gasteiger partial charge in [0.25, 0.3) is 0 Å². The number of hydrogen-bond donors (Lipinski definition) is 1. The van der Waals surface area contributed by atoms with Crippen molar-refractivity contribution in [1.82, 2.24) is 5.32 Å². The maximum absolute atomic E-state index is 5.93. The number of halogens is 1. The smallest absolute Gasteiger partial charge is 0.123 e. The third kappa shape index (κ3) is 4.33. The number of benzene rings is 1. The van der Waals surface area contributed by atoms with Crippen molar-refractivity contribution >= 4 is 23.4 Å². The summed E-state index contributed by atoms with van der Waals surface area (Å²) in [6.07, 6.45) is 2.10. The Morgan fingerprint density at radius 2 is 2.27 bits per heavy atom. The molecule has 1 aromatic rings. The van der Waals surface area contributed by atoms with Crippen molar-refractivity contribution < 1.29 is 4.74 Å². The van der Waals surface area contributed by atoms with Gasteiger partial charge in [-0.1, -0.05) is 11.6 Å². The Labute approximate surface area is 100 Å². The van der Waals surface area contributed by atoms with Gasteiger partial charge in [0.2, 0.25) is 0 Å². The van der Waals surface area contributed by atoms with Crippen molar-refractivity contribution in [3.8, 4) is 5.75 Å². The quantitative estimate of drug-likeness (QED) is 0.779. The molecule has 0 atom stereocenters. The van der Waals surface area contributed by atoms with E-state index in [0.29, 0.717) is 0 Å². The molecule has 0 fully saturated rings. The van der Waals surface area contributed by atoms with Crippen LogP contribution in [0.2, 0.25) is 5.02 Å². The van der Waals surface area contributed by atoms with E-state index in [2.05, 4.69) is 11.6 Å². The zero-order valence-corrected chi connectivity index (χ0v) is 10.6. The van der Waals surface area contributed by atoms with Crippen LogP contribution in [0.4, 0.5) is 0 Å². The van der Waals surface area contributed by atoms with Gasteiger partial charge in [0.05, 0.1) is 7.11 Å². The van der Waals surface area contributed by atoms with Crippen molar-refractivity contribution in [2.45, 2.75) is 6.54 Å². The highest BCUT2D eigenvalue weighted by atomic mass is 35.5. The first kappa shape index (κ1) is 12.7. The molecule has 0 aromatic heterocycles. The monoisotopic (exact) mass is 245 g/mol. The number of nitrogens with one attached hydrogen (secondary N) is 1. The Hall–Kier alpha value is -0.380. The lowest BCUT2D eigenvalue weighted by atomic mass is 10.2. The Balaban J connectivity index is 2.54. The van der Waals surface area contributed by atoms with Gasteiger partial charge < -0.3 is 10.1 Å². The maximum atomic E-state index is 5.93. The van der Waals surface area contributed by atoms with Gasteiger partial charge in [0.15, 0.2) is 0 Å². The lowest BCUT2D eigenvalue weighted by Crippen LogP contribution is -2.16. The highest BCUT2D eigenvalue weighted by Crippen LogP contribution is 2.22. The zero-order chi connectivity index (χ0) is 11.1. The molecule has 0 aliphatic carbocycles.